The number of phenols is 1. The predicted molar refractivity (Wildman–Crippen MR) is 249 cm³/mol. The van der Waals surface area contributed by atoms with E-state index in [1.807, 2.05) is 138 Å². The molecule has 0 aromatic heterocycles. The molecule has 0 aliphatic carbocycles. The fourth-order valence-corrected chi connectivity index (χ4v) is 6.00. The minimum absolute atomic E-state index is 0.229. The van der Waals surface area contributed by atoms with Gasteiger partial charge in [-0.2, -0.15) is 0 Å². The van der Waals surface area contributed by atoms with Crippen LogP contribution in [0.1, 0.15) is 83.1 Å². The maximum Gasteiger partial charge on any atom is 0.494 e. The van der Waals surface area contributed by atoms with Crippen LogP contribution >= 0.6 is 15.9 Å². The predicted octanol–water partition coefficient (Wildman–Crippen LogP) is 6.74. The topological polar surface area (TPSA) is 122 Å². The summed E-state index contributed by atoms with van der Waals surface area (Å²) in [5, 5.41) is 10.4. The molecule has 0 amide bonds. The molecule has 61 heavy (non-hydrogen) atoms. The lowest BCUT2D eigenvalue weighted by atomic mass is 9.79. The number of hydrogen-bond donors (Lipinski definition) is 1. The summed E-state index contributed by atoms with van der Waals surface area (Å²) < 4.78 is 61.7. The molecule has 3 saturated heterocycles. The number of alkyl halides is 1. The summed E-state index contributed by atoms with van der Waals surface area (Å²) in [6.45, 7) is 27.4. The van der Waals surface area contributed by atoms with Crippen molar-refractivity contribution in [3.05, 3.63) is 72.8 Å². The number of hydrogen-bond acceptors (Lipinski definition) is 12. The van der Waals surface area contributed by atoms with Gasteiger partial charge in [0.15, 0.2) is 0 Å². The zero-order valence-corrected chi connectivity index (χ0v) is 40.8. The summed E-state index contributed by atoms with van der Waals surface area (Å²) in [5.74, 6) is 1.83. The second-order valence-corrected chi connectivity index (χ2v) is 18.7. The lowest BCUT2D eigenvalue weighted by Gasteiger charge is -2.32. The van der Waals surface area contributed by atoms with Crippen molar-refractivity contribution < 1.29 is 56.7 Å². The van der Waals surface area contributed by atoms with Gasteiger partial charge in [0.05, 0.1) is 53.4 Å². The van der Waals surface area contributed by atoms with Crippen LogP contribution in [-0.4, -0.2) is 120 Å². The first kappa shape index (κ1) is 52.7. The highest BCUT2D eigenvalue weighted by atomic mass is 79.9. The highest BCUT2D eigenvalue weighted by Gasteiger charge is 2.53. The second kappa shape index (κ2) is 22.8. The van der Waals surface area contributed by atoms with Gasteiger partial charge < -0.3 is 56.7 Å². The summed E-state index contributed by atoms with van der Waals surface area (Å²) in [7, 11) is 3.88. The Balaban J connectivity index is 0.000000232. The third-order valence-electron chi connectivity index (χ3n) is 11.6. The van der Waals surface area contributed by atoms with Gasteiger partial charge >= 0.3 is 21.4 Å². The summed E-state index contributed by atoms with van der Waals surface area (Å²) in [5.41, 5.74) is 0.784. The number of rotatable bonds is 13. The van der Waals surface area contributed by atoms with E-state index in [2.05, 4.69) is 20.7 Å². The fourth-order valence-electron chi connectivity index (χ4n) is 5.67. The standard InChI is InChI=1S/2C15H23BO4.C12H17BO3.C3H7BrO/c2*1-14(2)15(3,4)20-16(19-14)12-7-6-8-13(11-12)18-10-9-17-5;1-11(2)12(3,4)16-13(15-11)9-6-5-7-10(14)8-9;1-5-3-2-4/h2*6-8,11H,9-10H2,1-5H3;5-8,14H,1-4H3;2-3H2,1H3. The van der Waals surface area contributed by atoms with Crippen LogP contribution in [0.15, 0.2) is 72.8 Å². The molecule has 0 atom stereocenters. The van der Waals surface area contributed by atoms with Gasteiger partial charge in [-0.25, -0.2) is 0 Å². The molecule has 3 aromatic rings. The van der Waals surface area contributed by atoms with Gasteiger partial charge in [-0.3, -0.25) is 0 Å². The number of halogens is 1. The van der Waals surface area contributed by atoms with Gasteiger partial charge in [0.2, 0.25) is 0 Å². The smallest absolute Gasteiger partial charge is 0.494 e. The molecule has 6 rings (SSSR count). The summed E-state index contributed by atoms with van der Waals surface area (Å²) in [6.07, 6.45) is 0. The molecule has 0 unspecified atom stereocenters. The van der Waals surface area contributed by atoms with Gasteiger partial charge in [0.25, 0.3) is 0 Å². The molecule has 0 saturated carbocycles. The van der Waals surface area contributed by atoms with Crippen LogP contribution in [0.3, 0.4) is 0 Å². The second-order valence-electron chi connectivity index (χ2n) is 17.9. The molecule has 0 radical (unpaired) electrons. The van der Waals surface area contributed by atoms with E-state index in [1.165, 1.54) is 0 Å². The molecule has 16 heteroatoms. The van der Waals surface area contributed by atoms with E-state index in [0.29, 0.717) is 26.4 Å². The van der Waals surface area contributed by atoms with Crippen LogP contribution in [0.5, 0.6) is 17.2 Å². The molecule has 12 nitrogen and oxygen atoms in total. The average Bonchev–Trinajstić information content (AvgIpc) is 3.65. The van der Waals surface area contributed by atoms with E-state index >= 15 is 0 Å². The van der Waals surface area contributed by atoms with E-state index in [1.54, 1.807) is 39.5 Å². The number of aromatic hydroxyl groups is 1. The van der Waals surface area contributed by atoms with Gasteiger partial charge in [-0.15, -0.1) is 0 Å². The van der Waals surface area contributed by atoms with Gasteiger partial charge in [-0.05, 0) is 136 Å². The SMILES string of the molecule is CC1(C)OB(c2cccc(O)c2)OC1(C)C.COCCBr.COCCOc1cccc(B2OC(C)(C)C(C)(C)O2)c1.COCCOc1cccc(B2OC(C)(C)C(C)(C)O2)c1. The minimum atomic E-state index is -0.405. The zero-order chi connectivity index (χ0) is 45.7. The van der Waals surface area contributed by atoms with Crippen molar-refractivity contribution in [3.8, 4) is 17.2 Å². The molecule has 3 fully saturated rings. The van der Waals surface area contributed by atoms with E-state index in [-0.39, 0.29) is 53.6 Å². The normalized spacial score (nSPS) is 19.8. The summed E-state index contributed by atoms with van der Waals surface area (Å²) >= 11 is 3.18. The monoisotopic (exact) mass is 914 g/mol. The van der Waals surface area contributed by atoms with Crippen molar-refractivity contribution >= 4 is 53.7 Å². The highest BCUT2D eigenvalue weighted by Crippen LogP contribution is 2.38. The molecule has 338 valence electrons. The van der Waals surface area contributed by atoms with Gasteiger partial charge in [-0.1, -0.05) is 52.3 Å². The molecule has 0 spiro atoms. The molecular weight excluding hydrogens is 845 g/mol. The van der Waals surface area contributed by atoms with Crippen LogP contribution < -0.4 is 25.9 Å². The quantitative estimate of drug-likeness (QED) is 0.111. The first-order chi connectivity index (χ1) is 28.4. The Kier molecular flexibility index (Phi) is 19.7. The first-order valence-electron chi connectivity index (χ1n) is 20.8. The lowest BCUT2D eigenvalue weighted by molar-refractivity contribution is 0.00578. The molecular formula is C45H70B3BrO12. The number of phenolic OH excluding ortho intramolecular Hbond substituents is 1. The van der Waals surface area contributed by atoms with Crippen molar-refractivity contribution in [3.63, 3.8) is 0 Å². The number of benzene rings is 3. The van der Waals surface area contributed by atoms with Crippen molar-refractivity contribution in [1.29, 1.82) is 0 Å². The van der Waals surface area contributed by atoms with Crippen molar-refractivity contribution in [2.24, 2.45) is 0 Å². The van der Waals surface area contributed by atoms with Crippen molar-refractivity contribution in [1.82, 2.24) is 0 Å². The Morgan fingerprint density at radius 1 is 0.443 bits per heavy atom. The largest absolute Gasteiger partial charge is 0.508 e. The van der Waals surface area contributed by atoms with Crippen LogP contribution in [0.25, 0.3) is 0 Å². The van der Waals surface area contributed by atoms with Crippen LogP contribution in [0.4, 0.5) is 0 Å². The van der Waals surface area contributed by atoms with E-state index in [4.69, 9.17) is 46.9 Å². The molecule has 3 aliphatic rings. The Bertz CT molecular complexity index is 1640. The lowest BCUT2D eigenvalue weighted by Crippen LogP contribution is -2.41. The number of methoxy groups -OCH3 is 3. The van der Waals surface area contributed by atoms with Crippen molar-refractivity contribution in [2.75, 3.05) is 59.7 Å². The molecule has 3 heterocycles. The zero-order valence-electron chi connectivity index (χ0n) is 39.2. The summed E-state index contributed by atoms with van der Waals surface area (Å²) in [6, 6.07) is 22.6. The molecule has 0 bridgehead atoms. The first-order valence-corrected chi connectivity index (χ1v) is 21.9. The van der Waals surface area contributed by atoms with Gasteiger partial charge in [0.1, 0.15) is 30.5 Å². The molecule has 3 aliphatic heterocycles. The third-order valence-corrected chi connectivity index (χ3v) is 11.9. The van der Waals surface area contributed by atoms with E-state index < -0.39 is 7.12 Å². The fraction of sp³-hybridized carbons (Fsp3) is 0.600. The maximum atomic E-state index is 9.42. The van der Waals surface area contributed by atoms with Gasteiger partial charge in [0, 0.05) is 26.7 Å². The maximum absolute atomic E-state index is 9.42. The molecule has 1 N–H and O–H groups in total. The average molecular weight is 915 g/mol. The van der Waals surface area contributed by atoms with E-state index in [9.17, 15) is 5.11 Å². The third kappa shape index (κ3) is 15.0. The summed E-state index contributed by atoms with van der Waals surface area (Å²) in [4.78, 5) is 0. The Labute approximate surface area is 375 Å². The number of ether oxygens (including phenoxy) is 5. The van der Waals surface area contributed by atoms with Crippen LogP contribution in [-0.2, 0) is 42.1 Å². The Morgan fingerprint density at radius 2 is 0.738 bits per heavy atom. The van der Waals surface area contributed by atoms with Crippen LogP contribution in [0.2, 0.25) is 0 Å². The van der Waals surface area contributed by atoms with Crippen molar-refractivity contribution in [2.45, 2.75) is 117 Å². The molecule has 3 aromatic carbocycles. The van der Waals surface area contributed by atoms with E-state index in [0.717, 1.165) is 39.8 Å². The Hall–Kier alpha value is -2.63. The minimum Gasteiger partial charge on any atom is -0.508 e. The van der Waals surface area contributed by atoms with Crippen LogP contribution in [0, 0.1) is 0 Å². The highest BCUT2D eigenvalue weighted by molar-refractivity contribution is 9.09. The Morgan fingerprint density at radius 3 is 1.00 bits per heavy atom.